The number of likely N-dealkylation sites (N-methyl/N-ethyl adjacent to an activating group) is 1. The van der Waals surface area contributed by atoms with E-state index in [2.05, 4.69) is 4.90 Å². The van der Waals surface area contributed by atoms with Crippen LogP contribution in [-0.2, 0) is 41.1 Å². The van der Waals surface area contributed by atoms with Crippen molar-refractivity contribution in [1.29, 1.82) is 5.41 Å². The monoisotopic (exact) mass is 829 g/mol. The lowest BCUT2D eigenvalue weighted by Gasteiger charge is -2.31. The van der Waals surface area contributed by atoms with Gasteiger partial charge < -0.3 is 44.9 Å². The second-order valence-corrected chi connectivity index (χ2v) is 16.0. The third kappa shape index (κ3) is 6.76. The first-order valence-corrected chi connectivity index (χ1v) is 20.2. The van der Waals surface area contributed by atoms with Crippen molar-refractivity contribution in [3.8, 4) is 28.6 Å². The molecule has 6 N–H and O–H groups in total. The fraction of sp³-hybridized carbons (Fsp3) is 0.333. The van der Waals surface area contributed by atoms with Crippen molar-refractivity contribution in [3.63, 3.8) is 0 Å². The third-order valence-corrected chi connectivity index (χ3v) is 12.1. The number of anilines is 2. The number of primary amides is 1. The maximum absolute atomic E-state index is 13.7. The van der Waals surface area contributed by atoms with Gasteiger partial charge in [0, 0.05) is 54.9 Å². The van der Waals surface area contributed by atoms with Gasteiger partial charge in [-0.25, -0.2) is 24.3 Å². The molecule has 16 nitrogen and oxygen atoms in total. The fourth-order valence-corrected chi connectivity index (χ4v) is 8.71. The number of esters is 1. The first-order chi connectivity index (χ1) is 29.1. The van der Waals surface area contributed by atoms with E-state index in [1.165, 1.54) is 11.0 Å². The maximum Gasteiger partial charge on any atom is 0.415 e. The van der Waals surface area contributed by atoms with E-state index in [9.17, 15) is 34.5 Å². The number of carbonyl (C=O) groups is 3. The van der Waals surface area contributed by atoms with E-state index in [0.717, 1.165) is 38.7 Å². The largest absolute Gasteiger partial charge is 0.508 e. The number of hydrogen-bond acceptors (Lipinski definition) is 12. The quantitative estimate of drug-likeness (QED) is 0.0687. The van der Waals surface area contributed by atoms with Gasteiger partial charge in [-0.1, -0.05) is 27.7 Å². The van der Waals surface area contributed by atoms with Gasteiger partial charge in [-0.15, -0.1) is 0 Å². The summed E-state index contributed by atoms with van der Waals surface area (Å²) in [7, 11) is 1.65. The molecule has 0 fully saturated rings. The summed E-state index contributed by atoms with van der Waals surface area (Å²) in [5.41, 5.74) is 10.3. The Morgan fingerprint density at radius 3 is 2.52 bits per heavy atom. The number of aryl methyl sites for hydroxylation is 1. The van der Waals surface area contributed by atoms with Crippen LogP contribution in [0.1, 0.15) is 79.0 Å². The van der Waals surface area contributed by atoms with Gasteiger partial charge in [-0.05, 0) is 90.4 Å². The lowest BCUT2D eigenvalue weighted by molar-refractivity contribution is -0.172. The van der Waals surface area contributed by atoms with E-state index < -0.39 is 23.7 Å². The van der Waals surface area contributed by atoms with Crippen molar-refractivity contribution in [2.45, 2.75) is 71.6 Å². The van der Waals surface area contributed by atoms with Crippen LogP contribution in [0.4, 0.5) is 21.0 Å². The highest BCUT2D eigenvalue weighted by atomic mass is 16.6. The Hall–Kier alpha value is -6.94. The molecule has 3 amide bonds. The van der Waals surface area contributed by atoms with Crippen molar-refractivity contribution in [2.75, 3.05) is 36.5 Å². The number of phenolic OH excluding ortho intramolecular Hbond substituents is 2. The predicted octanol–water partition coefficient (Wildman–Crippen LogP) is 5.58. The van der Waals surface area contributed by atoms with Gasteiger partial charge in [0.2, 0.25) is 0 Å². The van der Waals surface area contributed by atoms with Gasteiger partial charge in [-0.3, -0.25) is 10.2 Å². The molecule has 1 atom stereocenters. The van der Waals surface area contributed by atoms with E-state index in [-0.39, 0.29) is 65.1 Å². The number of aromatic hydroxyl groups is 2. The molecule has 16 heteroatoms. The molecule has 0 saturated heterocycles. The molecule has 3 aliphatic rings. The topological polar surface area (TPSA) is 225 Å². The Bertz CT molecular complexity index is 2760. The number of fused-ring (bicyclic) bond motifs is 6. The molecule has 1 unspecified atom stereocenters. The zero-order valence-corrected chi connectivity index (χ0v) is 34.5. The Balaban J connectivity index is 0.963. The maximum atomic E-state index is 13.7. The standard InChI is InChI=1S/C45H47N7O9/c1-6-27-29-17-26(9-10-34(29)48-39-31(27)21-51-36(39)19-33-32(41(51)55)22-60-42(56)45(33,59)7-2)61-44(58)49(5)14-15-50-13-12-24-16-25(8-11-35(24)50)52(43(47)57)40(46)30-18-28(23(3)4)37(53)20-38(30)54/h8-11,16-20,23,46,53-54,59H,6-7,12-15,21-22H2,1-5H3,(H2,47,57). The summed E-state index contributed by atoms with van der Waals surface area (Å²) >= 11 is 0. The van der Waals surface area contributed by atoms with Crippen molar-refractivity contribution in [1.82, 2.24) is 14.5 Å². The Kier molecular flexibility index (Phi) is 10.2. The molecule has 3 aliphatic heterocycles. The summed E-state index contributed by atoms with van der Waals surface area (Å²) in [5.74, 6) is -1.34. The van der Waals surface area contributed by atoms with Crippen LogP contribution in [0, 0.1) is 5.41 Å². The second kappa shape index (κ2) is 15.3. The minimum atomic E-state index is -1.92. The number of carbonyl (C=O) groups excluding carboxylic acids is 3. The molecule has 316 valence electrons. The molecule has 0 aliphatic carbocycles. The SMILES string of the molecule is CCc1c2c(nc3ccc(OC(=O)N(C)CCN4CCc5cc(N(C(=N)c6cc(C(C)C)c(O)cc6O)C(N)=O)ccc54)cc13)-c1cc3c(c(=O)n1C2)COC(=O)C3(O)CC. The fourth-order valence-electron chi connectivity index (χ4n) is 8.71. The minimum absolute atomic E-state index is 0.0493. The van der Waals surface area contributed by atoms with E-state index >= 15 is 0 Å². The van der Waals surface area contributed by atoms with Gasteiger partial charge in [0.15, 0.2) is 5.60 Å². The molecule has 0 saturated carbocycles. The molecule has 8 rings (SSSR count). The Morgan fingerprint density at radius 2 is 1.82 bits per heavy atom. The number of phenols is 2. The van der Waals surface area contributed by atoms with Crippen molar-refractivity contribution < 1.29 is 39.2 Å². The number of rotatable bonds is 9. The highest BCUT2D eigenvalue weighted by molar-refractivity contribution is 6.22. The summed E-state index contributed by atoms with van der Waals surface area (Å²) in [6, 6.07) is 13.9. The van der Waals surface area contributed by atoms with Crippen LogP contribution in [0.2, 0.25) is 0 Å². The van der Waals surface area contributed by atoms with Crippen LogP contribution in [0.15, 0.2) is 59.4 Å². The molecule has 5 heterocycles. The van der Waals surface area contributed by atoms with Gasteiger partial charge in [0.25, 0.3) is 5.56 Å². The molecule has 3 aromatic carbocycles. The number of amides is 3. The number of urea groups is 1. The minimum Gasteiger partial charge on any atom is -0.508 e. The zero-order valence-electron chi connectivity index (χ0n) is 34.5. The van der Waals surface area contributed by atoms with Crippen molar-refractivity contribution in [3.05, 3.63) is 104 Å². The van der Waals surface area contributed by atoms with Crippen LogP contribution >= 0.6 is 0 Å². The summed E-state index contributed by atoms with van der Waals surface area (Å²) < 4.78 is 12.7. The lowest BCUT2D eigenvalue weighted by atomic mass is 9.86. The highest BCUT2D eigenvalue weighted by Crippen LogP contribution is 2.41. The van der Waals surface area contributed by atoms with Crippen molar-refractivity contribution >= 4 is 46.2 Å². The number of aromatic nitrogens is 2. The molecule has 2 aromatic heterocycles. The molecular formula is C45H47N7O9. The van der Waals surface area contributed by atoms with Gasteiger partial charge >= 0.3 is 18.1 Å². The number of hydrogen-bond donors (Lipinski definition) is 5. The van der Waals surface area contributed by atoms with E-state index in [4.69, 9.17) is 25.6 Å². The number of amidine groups is 1. The molecule has 61 heavy (non-hydrogen) atoms. The van der Waals surface area contributed by atoms with E-state index in [1.807, 2.05) is 26.8 Å². The molecule has 5 aromatic rings. The van der Waals surface area contributed by atoms with Crippen LogP contribution in [0.5, 0.6) is 17.2 Å². The van der Waals surface area contributed by atoms with Crippen LogP contribution in [0.3, 0.4) is 0 Å². The predicted molar refractivity (Wildman–Crippen MR) is 228 cm³/mol. The van der Waals surface area contributed by atoms with Gasteiger partial charge in [0.05, 0.1) is 40.3 Å². The number of cyclic esters (lactones) is 1. The number of ether oxygens (including phenoxy) is 2. The molecule has 0 radical (unpaired) electrons. The first-order valence-electron chi connectivity index (χ1n) is 20.2. The summed E-state index contributed by atoms with van der Waals surface area (Å²) in [6.07, 6.45) is 0.739. The average molecular weight is 830 g/mol. The van der Waals surface area contributed by atoms with Crippen molar-refractivity contribution in [2.24, 2.45) is 5.73 Å². The number of nitrogens with two attached hydrogens (primary N) is 1. The first kappa shape index (κ1) is 40.8. The van der Waals surface area contributed by atoms with Crippen LogP contribution in [-0.4, -0.2) is 80.4 Å². The molecular weight excluding hydrogens is 783 g/mol. The number of nitrogens with one attached hydrogen (secondary N) is 1. The number of nitrogens with zero attached hydrogens (tertiary/aromatic N) is 5. The second-order valence-electron chi connectivity index (χ2n) is 16.0. The number of aliphatic hydroxyl groups is 1. The molecule has 0 spiro atoms. The average Bonchev–Trinajstić information content (AvgIpc) is 3.81. The van der Waals surface area contributed by atoms with E-state index in [0.29, 0.717) is 66.4 Å². The summed E-state index contributed by atoms with van der Waals surface area (Å²) in [5, 5.41) is 41.7. The van der Waals surface area contributed by atoms with E-state index in [1.54, 1.807) is 54.9 Å². The van der Waals surface area contributed by atoms with Crippen LogP contribution in [0.25, 0.3) is 22.3 Å². The van der Waals surface area contributed by atoms with Gasteiger partial charge in [0.1, 0.15) is 29.7 Å². The Morgan fingerprint density at radius 1 is 1.05 bits per heavy atom. The Labute approximate surface area is 350 Å². The normalized spacial score (nSPS) is 16.2. The van der Waals surface area contributed by atoms with Crippen LogP contribution < -0.4 is 25.8 Å². The summed E-state index contributed by atoms with van der Waals surface area (Å²) in [6.45, 7) is 8.91. The lowest BCUT2D eigenvalue weighted by Crippen LogP contribution is -2.44. The smallest absolute Gasteiger partial charge is 0.415 e. The zero-order chi connectivity index (χ0) is 43.7. The molecule has 0 bridgehead atoms. The highest BCUT2D eigenvalue weighted by Gasteiger charge is 2.45. The number of benzene rings is 3. The van der Waals surface area contributed by atoms with Gasteiger partial charge in [-0.2, -0.15) is 0 Å². The number of pyridine rings is 2. The third-order valence-electron chi connectivity index (χ3n) is 12.1. The summed E-state index contributed by atoms with van der Waals surface area (Å²) in [4.78, 5) is 62.0.